The Morgan fingerprint density at radius 1 is 1.25 bits per heavy atom. The number of amides is 1. The van der Waals surface area contributed by atoms with Crippen molar-refractivity contribution in [1.82, 2.24) is 5.32 Å². The van der Waals surface area contributed by atoms with Gasteiger partial charge in [-0.2, -0.15) is 0 Å². The Morgan fingerprint density at radius 2 is 2.00 bits per heavy atom. The third kappa shape index (κ3) is 3.49. The number of thiophene rings is 1. The molecule has 1 aliphatic rings. The highest BCUT2D eigenvalue weighted by molar-refractivity contribution is 8.00. The summed E-state index contributed by atoms with van der Waals surface area (Å²) in [5.74, 6) is -0.819. The minimum absolute atomic E-state index is 0.110. The number of carbonyl (C=O) groups excluding carboxylic acids is 1. The van der Waals surface area contributed by atoms with E-state index in [1.807, 2.05) is 41.8 Å². The van der Waals surface area contributed by atoms with Crippen LogP contribution in [0, 0.1) is 5.92 Å². The Labute approximate surface area is 149 Å². The van der Waals surface area contributed by atoms with Gasteiger partial charge in [0, 0.05) is 4.88 Å². The standard InChI is InChI=1S/C18H19NO3S2/c1-11(18(21)22)15(12-5-3-2-4-6-12)19-17(20)16-13-7-9-23-14(13)8-10-24-16/h2-7,9,11,15-16H,8,10H2,1H3,(H,19,20)(H,21,22). The van der Waals surface area contributed by atoms with Crippen LogP contribution in [0.3, 0.4) is 0 Å². The number of thioether (sulfide) groups is 1. The SMILES string of the molecule is CC(C(=O)O)C(NC(=O)C1SCCc2sccc21)c1ccccc1. The predicted molar refractivity (Wildman–Crippen MR) is 97.3 cm³/mol. The molecule has 2 heterocycles. The van der Waals surface area contributed by atoms with Gasteiger partial charge in [-0.05, 0) is 41.7 Å². The van der Waals surface area contributed by atoms with E-state index >= 15 is 0 Å². The average molecular weight is 361 g/mol. The zero-order chi connectivity index (χ0) is 17.1. The van der Waals surface area contributed by atoms with Crippen molar-refractivity contribution < 1.29 is 14.7 Å². The maximum atomic E-state index is 12.8. The van der Waals surface area contributed by atoms with E-state index in [0.717, 1.165) is 23.3 Å². The fourth-order valence-electron chi connectivity index (χ4n) is 2.89. The lowest BCUT2D eigenvalue weighted by atomic mass is 9.94. The number of rotatable bonds is 5. The van der Waals surface area contributed by atoms with Crippen LogP contribution in [0.1, 0.15) is 34.2 Å². The molecule has 0 fully saturated rings. The summed E-state index contributed by atoms with van der Waals surface area (Å²) in [6, 6.07) is 10.8. The molecule has 0 bridgehead atoms. The second kappa shape index (κ2) is 7.40. The number of aryl methyl sites for hydroxylation is 1. The molecular weight excluding hydrogens is 342 g/mol. The predicted octanol–water partition coefficient (Wildman–Crippen LogP) is 3.66. The Balaban J connectivity index is 1.83. The third-order valence-electron chi connectivity index (χ3n) is 4.26. The van der Waals surface area contributed by atoms with Gasteiger partial charge in [-0.25, -0.2) is 0 Å². The van der Waals surface area contributed by atoms with Gasteiger partial charge in [0.25, 0.3) is 0 Å². The van der Waals surface area contributed by atoms with E-state index < -0.39 is 17.9 Å². The van der Waals surface area contributed by atoms with Crippen LogP contribution in [-0.2, 0) is 16.0 Å². The number of nitrogens with one attached hydrogen (secondary N) is 1. The number of hydrogen-bond acceptors (Lipinski definition) is 4. The fourth-order valence-corrected chi connectivity index (χ4v) is 5.19. The smallest absolute Gasteiger partial charge is 0.308 e. The first-order chi connectivity index (χ1) is 11.6. The van der Waals surface area contributed by atoms with Crippen LogP contribution in [0.15, 0.2) is 41.8 Å². The number of carboxylic acid groups (broad SMARTS) is 1. The van der Waals surface area contributed by atoms with Crippen molar-refractivity contribution in [2.75, 3.05) is 5.75 Å². The Bertz CT molecular complexity index is 729. The highest BCUT2D eigenvalue weighted by Gasteiger charge is 2.32. The van der Waals surface area contributed by atoms with Crippen LogP contribution in [-0.4, -0.2) is 22.7 Å². The molecule has 0 aliphatic carbocycles. The third-order valence-corrected chi connectivity index (χ3v) is 6.50. The summed E-state index contributed by atoms with van der Waals surface area (Å²) in [6.07, 6.45) is 0.995. The van der Waals surface area contributed by atoms with Gasteiger partial charge in [-0.1, -0.05) is 30.3 Å². The molecule has 0 spiro atoms. The molecule has 6 heteroatoms. The first-order valence-electron chi connectivity index (χ1n) is 7.84. The van der Waals surface area contributed by atoms with Crippen molar-refractivity contribution in [1.29, 1.82) is 0 Å². The van der Waals surface area contributed by atoms with Gasteiger partial charge in [0.1, 0.15) is 5.25 Å². The van der Waals surface area contributed by atoms with E-state index in [9.17, 15) is 14.7 Å². The first-order valence-corrected chi connectivity index (χ1v) is 9.76. The van der Waals surface area contributed by atoms with Crippen molar-refractivity contribution in [2.45, 2.75) is 24.6 Å². The molecule has 126 valence electrons. The summed E-state index contributed by atoms with van der Waals surface area (Å²) in [7, 11) is 0. The maximum Gasteiger partial charge on any atom is 0.308 e. The summed E-state index contributed by atoms with van der Waals surface area (Å²) >= 11 is 3.31. The molecule has 24 heavy (non-hydrogen) atoms. The van der Waals surface area contributed by atoms with Gasteiger partial charge >= 0.3 is 5.97 Å². The lowest BCUT2D eigenvalue weighted by molar-refractivity contribution is -0.142. The number of benzene rings is 1. The molecule has 1 aromatic heterocycles. The Hall–Kier alpha value is -1.79. The molecule has 1 aromatic carbocycles. The molecule has 3 unspecified atom stereocenters. The summed E-state index contributed by atoms with van der Waals surface area (Å²) < 4.78 is 0. The normalized spacial score (nSPS) is 19.1. The van der Waals surface area contributed by atoms with Gasteiger partial charge in [-0.3, -0.25) is 9.59 Å². The van der Waals surface area contributed by atoms with Gasteiger partial charge < -0.3 is 10.4 Å². The molecule has 4 nitrogen and oxygen atoms in total. The molecule has 1 aliphatic heterocycles. The topological polar surface area (TPSA) is 66.4 Å². The number of carbonyl (C=O) groups is 2. The van der Waals surface area contributed by atoms with Gasteiger partial charge in [0.15, 0.2) is 0 Å². The van der Waals surface area contributed by atoms with E-state index in [4.69, 9.17) is 0 Å². The minimum Gasteiger partial charge on any atom is -0.481 e. The van der Waals surface area contributed by atoms with Crippen LogP contribution in [0.2, 0.25) is 0 Å². The van der Waals surface area contributed by atoms with E-state index in [0.29, 0.717) is 0 Å². The second-order valence-electron chi connectivity index (χ2n) is 5.82. The van der Waals surface area contributed by atoms with Crippen molar-refractivity contribution in [3.63, 3.8) is 0 Å². The van der Waals surface area contributed by atoms with Gasteiger partial charge in [0.2, 0.25) is 5.91 Å². The van der Waals surface area contributed by atoms with E-state index in [-0.39, 0.29) is 11.2 Å². The number of fused-ring (bicyclic) bond motifs is 1. The first kappa shape index (κ1) is 17.0. The quantitative estimate of drug-likeness (QED) is 0.853. The zero-order valence-electron chi connectivity index (χ0n) is 13.3. The Morgan fingerprint density at radius 3 is 2.71 bits per heavy atom. The van der Waals surface area contributed by atoms with Crippen LogP contribution in [0.4, 0.5) is 0 Å². The summed E-state index contributed by atoms with van der Waals surface area (Å²) in [4.78, 5) is 25.6. The molecule has 2 N–H and O–H groups in total. The highest BCUT2D eigenvalue weighted by atomic mass is 32.2. The van der Waals surface area contributed by atoms with Crippen LogP contribution in [0.25, 0.3) is 0 Å². The number of carboxylic acids is 1. The lowest BCUT2D eigenvalue weighted by Crippen LogP contribution is -2.38. The molecule has 0 saturated carbocycles. The van der Waals surface area contributed by atoms with Crippen molar-refractivity contribution in [3.05, 3.63) is 57.8 Å². The average Bonchev–Trinajstić information content (AvgIpc) is 3.08. The molecule has 0 radical (unpaired) electrons. The van der Waals surface area contributed by atoms with Gasteiger partial charge in [-0.15, -0.1) is 23.1 Å². The minimum atomic E-state index is -0.920. The summed E-state index contributed by atoms with van der Waals surface area (Å²) in [5.41, 5.74) is 1.88. The van der Waals surface area contributed by atoms with E-state index in [1.54, 1.807) is 30.0 Å². The maximum absolute atomic E-state index is 12.8. The summed E-state index contributed by atoms with van der Waals surface area (Å²) in [6.45, 7) is 1.63. The highest BCUT2D eigenvalue weighted by Crippen LogP contribution is 2.40. The van der Waals surface area contributed by atoms with Crippen LogP contribution in [0.5, 0.6) is 0 Å². The Kier molecular flexibility index (Phi) is 5.26. The molecule has 3 rings (SSSR count). The van der Waals surface area contributed by atoms with E-state index in [1.165, 1.54) is 4.88 Å². The molecule has 2 aromatic rings. The number of hydrogen-bond donors (Lipinski definition) is 2. The van der Waals surface area contributed by atoms with E-state index in [2.05, 4.69) is 5.32 Å². The largest absolute Gasteiger partial charge is 0.481 e. The van der Waals surface area contributed by atoms with Crippen molar-refractivity contribution in [2.24, 2.45) is 5.92 Å². The fraction of sp³-hybridized carbons (Fsp3) is 0.333. The second-order valence-corrected chi connectivity index (χ2v) is 8.04. The van der Waals surface area contributed by atoms with Gasteiger partial charge in [0.05, 0.1) is 12.0 Å². The molecule has 0 saturated heterocycles. The molecular formula is C18H19NO3S2. The van der Waals surface area contributed by atoms with Crippen molar-refractivity contribution in [3.8, 4) is 0 Å². The zero-order valence-corrected chi connectivity index (χ0v) is 14.9. The molecule has 1 amide bonds. The van der Waals surface area contributed by atoms with Crippen LogP contribution >= 0.6 is 23.1 Å². The number of aliphatic carboxylic acids is 1. The summed E-state index contributed by atoms with van der Waals surface area (Å²) in [5, 5.41) is 14.1. The lowest BCUT2D eigenvalue weighted by Gasteiger charge is -2.27. The monoisotopic (exact) mass is 361 g/mol. The van der Waals surface area contributed by atoms with Crippen LogP contribution < -0.4 is 5.32 Å². The van der Waals surface area contributed by atoms with Crippen molar-refractivity contribution >= 4 is 35.0 Å². The molecule has 3 atom stereocenters.